The van der Waals surface area contributed by atoms with Crippen LogP contribution in [0.3, 0.4) is 0 Å². The molecule has 1 aliphatic rings. The van der Waals surface area contributed by atoms with Gasteiger partial charge in [0.15, 0.2) is 9.84 Å². The third kappa shape index (κ3) is 3.74. The summed E-state index contributed by atoms with van der Waals surface area (Å²) in [6.07, 6.45) is -3.58. The quantitative estimate of drug-likeness (QED) is 0.874. The molecular weight excluding hydrogens is 309 g/mol. The van der Waals surface area contributed by atoms with Crippen LogP contribution in [0, 0.1) is 0 Å². The van der Waals surface area contributed by atoms with Crippen molar-refractivity contribution in [2.45, 2.75) is 24.3 Å². The second-order valence-corrected chi connectivity index (χ2v) is 7.12. The fraction of sp³-hybridized carbons (Fsp3) is 0.636. The first-order valence-electron chi connectivity index (χ1n) is 6.32. The molecule has 1 aromatic heterocycles. The average Bonchev–Trinajstić information content (AvgIpc) is 2.74. The molecule has 0 aromatic carbocycles. The van der Waals surface area contributed by atoms with E-state index in [1.807, 2.05) is 0 Å². The summed E-state index contributed by atoms with van der Waals surface area (Å²) < 4.78 is 61.4. The van der Waals surface area contributed by atoms with Crippen molar-refractivity contribution < 1.29 is 21.6 Å². The minimum atomic E-state index is -4.66. The Balaban J connectivity index is 2.16. The highest BCUT2D eigenvalue weighted by Gasteiger charge is 2.36. The van der Waals surface area contributed by atoms with Crippen molar-refractivity contribution in [3.8, 4) is 0 Å². The van der Waals surface area contributed by atoms with E-state index in [2.05, 4.69) is 20.6 Å². The maximum absolute atomic E-state index is 12.7. The molecule has 2 rings (SSSR count). The van der Waals surface area contributed by atoms with Crippen LogP contribution < -0.4 is 10.6 Å². The Morgan fingerprint density at radius 2 is 2.00 bits per heavy atom. The lowest BCUT2D eigenvalue weighted by Gasteiger charge is -2.14. The molecule has 1 aliphatic heterocycles. The summed E-state index contributed by atoms with van der Waals surface area (Å²) in [5.41, 5.74) is 0. The number of alkyl halides is 3. The molecule has 1 atom stereocenters. The molecule has 1 aromatic rings. The van der Waals surface area contributed by atoms with Crippen molar-refractivity contribution >= 4 is 21.5 Å². The molecular formula is C11H15F3N4O2S. The molecule has 118 valence electrons. The Kier molecular flexibility index (Phi) is 4.26. The maximum atomic E-state index is 12.7. The number of halogens is 3. The van der Waals surface area contributed by atoms with Gasteiger partial charge in [-0.2, -0.15) is 13.2 Å². The summed E-state index contributed by atoms with van der Waals surface area (Å²) in [4.78, 5) is 6.71. The lowest BCUT2D eigenvalue weighted by molar-refractivity contribution is -0.144. The Bertz CT molecular complexity index is 618. The van der Waals surface area contributed by atoms with Gasteiger partial charge in [-0.15, -0.1) is 0 Å². The van der Waals surface area contributed by atoms with Gasteiger partial charge in [-0.3, -0.25) is 0 Å². The topological polar surface area (TPSA) is 84.0 Å². The first kappa shape index (κ1) is 15.8. The molecule has 2 N–H and O–H groups in total. The predicted molar refractivity (Wildman–Crippen MR) is 71.9 cm³/mol. The van der Waals surface area contributed by atoms with Crippen LogP contribution in [0.1, 0.15) is 18.7 Å². The second kappa shape index (κ2) is 5.66. The van der Waals surface area contributed by atoms with Crippen LogP contribution in [-0.4, -0.2) is 43.0 Å². The number of rotatable bonds is 4. The van der Waals surface area contributed by atoms with Gasteiger partial charge in [0.2, 0.25) is 5.82 Å². The van der Waals surface area contributed by atoms with Gasteiger partial charge in [0, 0.05) is 19.7 Å². The zero-order valence-electron chi connectivity index (χ0n) is 11.2. The SMILES string of the molecule is CNc1cc(NCC2CCCS2(=O)=O)nc(C(F)(F)F)n1. The van der Waals surface area contributed by atoms with Gasteiger partial charge in [-0.25, -0.2) is 18.4 Å². The number of aromatic nitrogens is 2. The van der Waals surface area contributed by atoms with Crippen LogP contribution >= 0.6 is 0 Å². The van der Waals surface area contributed by atoms with E-state index < -0.39 is 27.1 Å². The third-order valence-corrected chi connectivity index (χ3v) is 5.49. The molecule has 0 spiro atoms. The molecule has 1 saturated heterocycles. The molecule has 0 radical (unpaired) electrons. The lowest BCUT2D eigenvalue weighted by atomic mass is 10.2. The normalized spacial score (nSPS) is 21.2. The summed E-state index contributed by atoms with van der Waals surface area (Å²) in [6, 6.07) is 1.30. The van der Waals surface area contributed by atoms with Gasteiger partial charge >= 0.3 is 6.18 Å². The minimum Gasteiger partial charge on any atom is -0.373 e. The Morgan fingerprint density at radius 3 is 2.52 bits per heavy atom. The van der Waals surface area contributed by atoms with Crippen LogP contribution in [0.25, 0.3) is 0 Å². The van der Waals surface area contributed by atoms with Gasteiger partial charge in [0.25, 0.3) is 0 Å². The van der Waals surface area contributed by atoms with Gasteiger partial charge in [0.05, 0.1) is 11.0 Å². The highest BCUT2D eigenvalue weighted by molar-refractivity contribution is 7.92. The zero-order chi connectivity index (χ0) is 15.7. The molecule has 0 bridgehead atoms. The number of hydrogen-bond donors (Lipinski definition) is 2. The number of anilines is 2. The fourth-order valence-electron chi connectivity index (χ4n) is 2.10. The van der Waals surface area contributed by atoms with Crippen molar-refractivity contribution in [3.63, 3.8) is 0 Å². The van der Waals surface area contributed by atoms with E-state index in [-0.39, 0.29) is 23.9 Å². The van der Waals surface area contributed by atoms with Crippen LogP contribution in [-0.2, 0) is 16.0 Å². The van der Waals surface area contributed by atoms with E-state index >= 15 is 0 Å². The van der Waals surface area contributed by atoms with E-state index in [0.29, 0.717) is 12.8 Å². The Hall–Kier alpha value is -1.58. The molecule has 1 fully saturated rings. The fourth-order valence-corrected chi connectivity index (χ4v) is 3.86. The largest absolute Gasteiger partial charge is 0.451 e. The molecule has 0 saturated carbocycles. The summed E-state index contributed by atoms with van der Waals surface area (Å²) in [7, 11) is -1.72. The van der Waals surface area contributed by atoms with Gasteiger partial charge in [-0.05, 0) is 12.8 Å². The highest BCUT2D eigenvalue weighted by atomic mass is 32.2. The molecule has 0 amide bonds. The molecule has 10 heteroatoms. The molecule has 21 heavy (non-hydrogen) atoms. The second-order valence-electron chi connectivity index (χ2n) is 4.72. The van der Waals surface area contributed by atoms with E-state index in [9.17, 15) is 21.6 Å². The van der Waals surface area contributed by atoms with E-state index in [1.54, 1.807) is 0 Å². The molecule has 2 heterocycles. The lowest BCUT2D eigenvalue weighted by Crippen LogP contribution is -2.26. The Morgan fingerprint density at radius 1 is 1.33 bits per heavy atom. The summed E-state index contributed by atoms with van der Waals surface area (Å²) in [5, 5.41) is 4.59. The smallest absolute Gasteiger partial charge is 0.373 e. The number of nitrogens with zero attached hydrogens (tertiary/aromatic N) is 2. The van der Waals surface area contributed by atoms with Crippen LogP contribution in [0.2, 0.25) is 0 Å². The highest BCUT2D eigenvalue weighted by Crippen LogP contribution is 2.28. The van der Waals surface area contributed by atoms with Crippen LogP contribution in [0.15, 0.2) is 6.07 Å². The zero-order valence-corrected chi connectivity index (χ0v) is 12.1. The summed E-state index contributed by atoms with van der Waals surface area (Å²) >= 11 is 0. The first-order chi connectivity index (χ1) is 9.72. The summed E-state index contributed by atoms with van der Waals surface area (Å²) in [5.74, 6) is -1.19. The first-order valence-corrected chi connectivity index (χ1v) is 8.03. The standard InChI is InChI=1S/C11H15F3N4O2S/c1-15-8-5-9(18-10(17-8)11(12,13)14)16-6-7-3-2-4-21(7,19)20/h5,7H,2-4,6H2,1H3,(H2,15,16,17,18). The maximum Gasteiger partial charge on any atom is 0.451 e. The predicted octanol–water partition coefficient (Wildman–Crippen LogP) is 1.53. The Labute approximate surface area is 120 Å². The molecule has 1 unspecified atom stereocenters. The minimum absolute atomic E-state index is 0.00843. The van der Waals surface area contributed by atoms with Crippen LogP contribution in [0.4, 0.5) is 24.8 Å². The van der Waals surface area contributed by atoms with E-state index in [0.717, 1.165) is 0 Å². The van der Waals surface area contributed by atoms with Crippen molar-refractivity contribution in [1.29, 1.82) is 0 Å². The number of hydrogen-bond acceptors (Lipinski definition) is 6. The van der Waals surface area contributed by atoms with E-state index in [4.69, 9.17) is 0 Å². The third-order valence-electron chi connectivity index (χ3n) is 3.21. The monoisotopic (exact) mass is 324 g/mol. The summed E-state index contributed by atoms with van der Waals surface area (Å²) in [6.45, 7) is 0.0415. The van der Waals surface area contributed by atoms with Gasteiger partial charge in [0.1, 0.15) is 11.6 Å². The van der Waals surface area contributed by atoms with E-state index in [1.165, 1.54) is 13.1 Å². The van der Waals surface area contributed by atoms with Crippen molar-refractivity contribution in [2.24, 2.45) is 0 Å². The average molecular weight is 324 g/mol. The van der Waals surface area contributed by atoms with Crippen molar-refractivity contribution in [2.75, 3.05) is 30.0 Å². The van der Waals surface area contributed by atoms with Crippen molar-refractivity contribution in [3.05, 3.63) is 11.9 Å². The van der Waals surface area contributed by atoms with Crippen LogP contribution in [0.5, 0.6) is 0 Å². The van der Waals surface area contributed by atoms with Crippen molar-refractivity contribution in [1.82, 2.24) is 9.97 Å². The number of sulfone groups is 1. The number of nitrogens with one attached hydrogen (secondary N) is 2. The molecule has 0 aliphatic carbocycles. The van der Waals surface area contributed by atoms with Gasteiger partial charge < -0.3 is 10.6 Å². The molecule has 6 nitrogen and oxygen atoms in total. The van der Waals surface area contributed by atoms with Gasteiger partial charge in [-0.1, -0.05) is 0 Å².